The molecule has 0 aliphatic carbocycles. The van der Waals surface area contributed by atoms with Crippen LogP contribution in [0.5, 0.6) is 11.5 Å². The Morgan fingerprint density at radius 2 is 0.886 bits per heavy atom. The highest BCUT2D eigenvalue weighted by Gasteiger charge is 2.46. The predicted molar refractivity (Wildman–Crippen MR) is 123 cm³/mol. The minimum atomic E-state index is -5.42. The fraction of sp³-hybridized carbons (Fsp3) is 0.240. The Bertz CT molecular complexity index is 1380. The second kappa shape index (κ2) is 12.5. The smallest absolute Gasteiger partial charge is 0.405 e. The molecule has 44 heavy (non-hydrogen) atoms. The Kier molecular flexibility index (Phi) is 9.59. The molecule has 1 aromatic heterocycles. The van der Waals surface area contributed by atoms with Crippen molar-refractivity contribution in [1.29, 1.82) is 0 Å². The molecule has 2 amide bonds. The number of benzene rings is 2. The van der Waals surface area contributed by atoms with Crippen molar-refractivity contribution in [2.75, 3.05) is 0 Å². The number of hydrogen-bond donors (Lipinski definition) is 2. The summed E-state index contributed by atoms with van der Waals surface area (Å²) in [7, 11) is 0. The number of nitrogens with zero attached hydrogens (tertiary/aromatic N) is 1. The number of aromatic nitrogens is 1. The van der Waals surface area contributed by atoms with Crippen molar-refractivity contribution in [3.63, 3.8) is 0 Å². The van der Waals surface area contributed by atoms with Crippen LogP contribution in [0.3, 0.4) is 0 Å². The van der Waals surface area contributed by atoms with Crippen molar-refractivity contribution in [2.45, 2.75) is 37.2 Å². The van der Waals surface area contributed by atoms with Gasteiger partial charge in [-0.3, -0.25) is 9.59 Å². The fourth-order valence-electron chi connectivity index (χ4n) is 3.64. The number of pyridine rings is 1. The van der Waals surface area contributed by atoms with Crippen LogP contribution in [-0.4, -0.2) is 41.9 Å². The van der Waals surface area contributed by atoms with Gasteiger partial charge in [0.2, 0.25) is 0 Å². The lowest BCUT2D eigenvalue weighted by Gasteiger charge is -2.25. The van der Waals surface area contributed by atoms with Crippen molar-refractivity contribution >= 4 is 11.8 Å². The fourth-order valence-corrected chi connectivity index (χ4v) is 3.64. The highest BCUT2D eigenvalue weighted by atomic mass is 19.4. The van der Waals surface area contributed by atoms with E-state index in [4.69, 9.17) is 0 Å². The quantitative estimate of drug-likeness (QED) is 0.258. The second-order valence-electron chi connectivity index (χ2n) is 8.48. The largest absolute Gasteiger partial charge is 0.573 e. The van der Waals surface area contributed by atoms with E-state index in [1.807, 2.05) is 0 Å². The van der Waals surface area contributed by atoms with E-state index in [1.165, 1.54) is 10.6 Å². The Morgan fingerprint density at radius 1 is 0.545 bits per heavy atom. The molecule has 0 saturated carbocycles. The summed E-state index contributed by atoms with van der Waals surface area (Å²) in [5.74, 6) is -6.06. The number of carbonyl (C=O) groups is 2. The first-order valence-corrected chi connectivity index (χ1v) is 11.6. The molecule has 0 fully saturated rings. The number of hydrogen-bond acceptors (Lipinski definition) is 5. The third-order valence-corrected chi connectivity index (χ3v) is 5.33. The molecule has 2 N–H and O–H groups in total. The van der Waals surface area contributed by atoms with Gasteiger partial charge in [-0.25, -0.2) is 4.98 Å². The van der Waals surface area contributed by atoms with Crippen LogP contribution in [0, 0.1) is 0 Å². The van der Waals surface area contributed by atoms with Gasteiger partial charge in [-0.05, 0) is 24.3 Å². The standard InChI is InChI=1S/C25H15F12N3O4/c26-22(27,28)18(12-6-1-3-10-16(12)43-24(32,33)34)39-20(41)14-8-5-9-15(38-14)21(42)40-19(23(29,30)31)13-7-2-4-11-17(13)44-25(35,36)37/h1-11,18-19H,(H,39,41)(H,40,42)/t18-,19-/m0/s1. The van der Waals surface area contributed by atoms with E-state index in [1.54, 1.807) is 0 Å². The molecule has 0 unspecified atom stereocenters. The first-order chi connectivity index (χ1) is 20.2. The molecule has 1 heterocycles. The first kappa shape index (κ1) is 33.8. The summed E-state index contributed by atoms with van der Waals surface area (Å²) < 4.78 is 167. The summed E-state index contributed by atoms with van der Waals surface area (Å²) in [4.78, 5) is 28.7. The average Bonchev–Trinajstić information content (AvgIpc) is 2.88. The van der Waals surface area contributed by atoms with Crippen LogP contribution in [0.4, 0.5) is 52.7 Å². The van der Waals surface area contributed by atoms with E-state index in [2.05, 4.69) is 14.5 Å². The van der Waals surface area contributed by atoms with Crippen LogP contribution in [0.15, 0.2) is 66.7 Å². The Hall–Kier alpha value is -4.71. The summed E-state index contributed by atoms with van der Waals surface area (Å²) in [6.45, 7) is 0. The van der Waals surface area contributed by atoms with Gasteiger partial charge < -0.3 is 20.1 Å². The van der Waals surface area contributed by atoms with E-state index in [9.17, 15) is 62.3 Å². The summed E-state index contributed by atoms with van der Waals surface area (Å²) >= 11 is 0. The number of nitrogens with one attached hydrogen (secondary N) is 2. The van der Waals surface area contributed by atoms with E-state index in [0.29, 0.717) is 24.3 Å². The molecule has 2 aromatic carbocycles. The Balaban J connectivity index is 1.91. The first-order valence-electron chi connectivity index (χ1n) is 11.6. The number of para-hydroxylation sites is 2. The monoisotopic (exact) mass is 649 g/mol. The molecule has 238 valence electrons. The molecule has 0 saturated heterocycles. The van der Waals surface area contributed by atoms with Crippen molar-refractivity contribution < 1.29 is 71.7 Å². The van der Waals surface area contributed by atoms with Gasteiger partial charge in [-0.1, -0.05) is 42.5 Å². The van der Waals surface area contributed by atoms with Gasteiger partial charge in [0.25, 0.3) is 11.8 Å². The zero-order valence-corrected chi connectivity index (χ0v) is 21.1. The molecule has 19 heteroatoms. The molecule has 0 aliphatic heterocycles. The van der Waals surface area contributed by atoms with Crippen molar-refractivity contribution in [2.24, 2.45) is 0 Å². The maximum atomic E-state index is 13.8. The second-order valence-corrected chi connectivity index (χ2v) is 8.48. The molecule has 3 aromatic rings. The van der Waals surface area contributed by atoms with Crippen LogP contribution in [0.25, 0.3) is 0 Å². The summed E-state index contributed by atoms with van der Waals surface area (Å²) in [5, 5.41) is 2.79. The zero-order chi connectivity index (χ0) is 33.1. The van der Waals surface area contributed by atoms with Gasteiger partial charge in [0.1, 0.15) is 22.9 Å². The van der Waals surface area contributed by atoms with Crippen molar-refractivity contribution in [3.05, 3.63) is 89.2 Å². The lowest BCUT2D eigenvalue weighted by Crippen LogP contribution is -2.40. The molecule has 0 radical (unpaired) electrons. The molecular weight excluding hydrogens is 634 g/mol. The maximum absolute atomic E-state index is 13.8. The van der Waals surface area contributed by atoms with E-state index in [-0.39, 0.29) is 0 Å². The minimum absolute atomic E-state index is 0.548. The van der Waals surface area contributed by atoms with Gasteiger partial charge >= 0.3 is 25.1 Å². The third kappa shape index (κ3) is 9.14. The highest BCUT2D eigenvalue weighted by molar-refractivity contribution is 5.96. The van der Waals surface area contributed by atoms with Gasteiger partial charge in [-0.2, -0.15) is 26.3 Å². The van der Waals surface area contributed by atoms with Crippen LogP contribution < -0.4 is 20.1 Å². The lowest BCUT2D eigenvalue weighted by molar-refractivity contribution is -0.276. The summed E-state index contributed by atoms with van der Waals surface area (Å²) in [5.41, 5.74) is -4.34. The van der Waals surface area contributed by atoms with Gasteiger partial charge in [0, 0.05) is 11.1 Å². The van der Waals surface area contributed by atoms with Crippen molar-refractivity contribution in [1.82, 2.24) is 15.6 Å². The molecule has 3 rings (SSSR count). The number of alkyl halides is 12. The summed E-state index contributed by atoms with van der Waals surface area (Å²) in [6, 6.07) is 1.97. The van der Waals surface area contributed by atoms with Crippen LogP contribution in [0.1, 0.15) is 44.2 Å². The van der Waals surface area contributed by atoms with E-state index < -0.39 is 83.0 Å². The van der Waals surface area contributed by atoms with E-state index in [0.717, 1.165) is 42.5 Å². The SMILES string of the molecule is O=C(N[C@@H](c1ccccc1OC(F)(F)F)C(F)(F)F)c1cccc(C(=O)N[C@@H](c2ccccc2OC(F)(F)F)C(F)(F)F)n1. The normalized spacial score (nSPS) is 13.9. The highest BCUT2D eigenvalue weighted by Crippen LogP contribution is 2.40. The van der Waals surface area contributed by atoms with Crippen molar-refractivity contribution in [3.8, 4) is 11.5 Å². The number of carbonyl (C=O) groups excluding carboxylic acids is 2. The van der Waals surface area contributed by atoms with Gasteiger partial charge in [0.15, 0.2) is 12.1 Å². The maximum Gasteiger partial charge on any atom is 0.573 e. The zero-order valence-electron chi connectivity index (χ0n) is 21.1. The topological polar surface area (TPSA) is 89.5 Å². The molecule has 0 spiro atoms. The minimum Gasteiger partial charge on any atom is -0.405 e. The number of rotatable bonds is 8. The molecular formula is C25H15F12N3O4. The van der Waals surface area contributed by atoms with Crippen LogP contribution in [-0.2, 0) is 0 Å². The number of halogens is 12. The molecule has 2 atom stereocenters. The molecule has 0 bridgehead atoms. The summed E-state index contributed by atoms with van der Waals surface area (Å²) in [6.07, 6.45) is -21.6. The third-order valence-electron chi connectivity index (χ3n) is 5.33. The molecule has 7 nitrogen and oxygen atoms in total. The molecule has 0 aliphatic rings. The Morgan fingerprint density at radius 3 is 1.20 bits per heavy atom. The van der Waals surface area contributed by atoms with E-state index >= 15 is 0 Å². The van der Waals surface area contributed by atoms with Gasteiger partial charge in [0.05, 0.1) is 0 Å². The Labute approximate surface area is 237 Å². The van der Waals surface area contributed by atoms with Gasteiger partial charge in [-0.15, -0.1) is 26.3 Å². The average molecular weight is 649 g/mol. The lowest BCUT2D eigenvalue weighted by atomic mass is 10.0. The number of amides is 2. The number of ether oxygens (including phenoxy) is 2. The predicted octanol–water partition coefficient (Wildman–Crippen LogP) is 6.95. The van der Waals surface area contributed by atoms with Crippen LogP contribution in [0.2, 0.25) is 0 Å². The van der Waals surface area contributed by atoms with Crippen LogP contribution >= 0.6 is 0 Å².